The molecule has 2 aromatic carbocycles. The van der Waals surface area contributed by atoms with E-state index in [1.165, 1.54) is 7.11 Å². The first kappa shape index (κ1) is 24.8. The van der Waals surface area contributed by atoms with Crippen LogP contribution in [0.25, 0.3) is 0 Å². The van der Waals surface area contributed by atoms with Gasteiger partial charge in [0.25, 0.3) is 5.56 Å². The molecule has 7 nitrogen and oxygen atoms in total. The highest BCUT2D eigenvalue weighted by molar-refractivity contribution is 6.16. The monoisotopic (exact) mass is 500 g/mol. The van der Waals surface area contributed by atoms with Gasteiger partial charge in [0.15, 0.2) is 11.5 Å². The molecular formula is C30H32N2O5. The molecule has 3 aromatic rings. The molecule has 0 saturated carbocycles. The van der Waals surface area contributed by atoms with Crippen molar-refractivity contribution in [2.45, 2.75) is 58.2 Å². The minimum Gasteiger partial charge on any atom is -0.493 e. The summed E-state index contributed by atoms with van der Waals surface area (Å²) in [4.78, 5) is 30.7. The summed E-state index contributed by atoms with van der Waals surface area (Å²) in [6.45, 7) is 8.65. The van der Waals surface area contributed by atoms with Crippen LogP contribution >= 0.6 is 0 Å². The Balaban J connectivity index is 1.60. The maximum atomic E-state index is 13.8. The first-order valence-corrected chi connectivity index (χ1v) is 12.4. The molecule has 0 radical (unpaired) electrons. The molecule has 1 aromatic heterocycles. The minimum absolute atomic E-state index is 0.121. The quantitative estimate of drug-likeness (QED) is 0.480. The van der Waals surface area contributed by atoms with Crippen LogP contribution in [0, 0.1) is 0 Å². The molecule has 37 heavy (non-hydrogen) atoms. The van der Waals surface area contributed by atoms with Crippen LogP contribution in [-0.4, -0.2) is 41.6 Å². The van der Waals surface area contributed by atoms with Gasteiger partial charge in [-0.25, -0.2) is 4.79 Å². The zero-order chi connectivity index (χ0) is 26.5. The van der Waals surface area contributed by atoms with Crippen molar-refractivity contribution in [2.24, 2.45) is 4.99 Å². The van der Waals surface area contributed by atoms with Crippen LogP contribution in [0.15, 0.2) is 58.4 Å². The Morgan fingerprint density at radius 1 is 1.08 bits per heavy atom. The largest absolute Gasteiger partial charge is 0.493 e. The van der Waals surface area contributed by atoms with E-state index in [1.807, 2.05) is 30.3 Å². The Morgan fingerprint density at radius 3 is 2.49 bits per heavy atom. The predicted octanol–water partition coefficient (Wildman–Crippen LogP) is 4.58. The van der Waals surface area contributed by atoms with Crippen LogP contribution in [0.2, 0.25) is 0 Å². The number of fused-ring (bicyclic) bond motifs is 3. The van der Waals surface area contributed by atoms with Gasteiger partial charge in [-0.15, -0.1) is 0 Å². The number of methoxy groups -OCH3 is 2. The van der Waals surface area contributed by atoms with E-state index in [2.05, 4.69) is 27.7 Å². The van der Waals surface area contributed by atoms with Gasteiger partial charge in [-0.2, -0.15) is 0 Å². The first-order valence-electron chi connectivity index (χ1n) is 12.4. The van der Waals surface area contributed by atoms with E-state index in [0.717, 1.165) is 40.2 Å². The Morgan fingerprint density at radius 2 is 1.81 bits per heavy atom. The maximum Gasteiger partial charge on any atom is 0.337 e. The molecule has 0 atom stereocenters. The van der Waals surface area contributed by atoms with Crippen molar-refractivity contribution in [1.82, 2.24) is 4.57 Å². The summed E-state index contributed by atoms with van der Waals surface area (Å²) in [5.41, 5.74) is 4.89. The third-order valence-corrected chi connectivity index (χ3v) is 6.90. The van der Waals surface area contributed by atoms with Gasteiger partial charge >= 0.3 is 5.97 Å². The third kappa shape index (κ3) is 4.54. The summed E-state index contributed by atoms with van der Waals surface area (Å²) in [5, 5.41) is 0. The van der Waals surface area contributed by atoms with Crippen LogP contribution < -0.4 is 15.0 Å². The van der Waals surface area contributed by atoms with Gasteiger partial charge in [0, 0.05) is 23.7 Å². The Kier molecular flexibility index (Phi) is 5.97. The summed E-state index contributed by atoms with van der Waals surface area (Å²) >= 11 is 0. The summed E-state index contributed by atoms with van der Waals surface area (Å²) in [6.07, 6.45) is 3.22. The average Bonchev–Trinajstić information content (AvgIpc) is 3.18. The van der Waals surface area contributed by atoms with Gasteiger partial charge in [-0.3, -0.25) is 9.79 Å². The van der Waals surface area contributed by atoms with E-state index in [9.17, 15) is 9.59 Å². The van der Waals surface area contributed by atoms with Gasteiger partial charge in [0.05, 0.1) is 43.1 Å². The summed E-state index contributed by atoms with van der Waals surface area (Å²) in [7, 11) is 3.01. The van der Waals surface area contributed by atoms with Crippen molar-refractivity contribution in [3.05, 3.63) is 92.4 Å². The molecule has 0 bridgehead atoms. The van der Waals surface area contributed by atoms with Crippen molar-refractivity contribution in [2.75, 3.05) is 14.2 Å². The second kappa shape index (κ2) is 8.91. The van der Waals surface area contributed by atoms with Gasteiger partial charge in [-0.1, -0.05) is 12.1 Å². The molecule has 192 valence electrons. The second-order valence-corrected chi connectivity index (χ2v) is 11.0. The lowest BCUT2D eigenvalue weighted by Crippen LogP contribution is -2.34. The fraction of sp³-hybridized carbons (Fsp3) is 0.367. The number of benzene rings is 2. The summed E-state index contributed by atoms with van der Waals surface area (Å²) in [6, 6.07) is 12.8. The number of hydrogen-bond acceptors (Lipinski definition) is 6. The van der Waals surface area contributed by atoms with Crippen molar-refractivity contribution < 1.29 is 19.0 Å². The molecule has 0 aliphatic carbocycles. The molecule has 0 amide bonds. The van der Waals surface area contributed by atoms with Gasteiger partial charge < -0.3 is 18.8 Å². The van der Waals surface area contributed by atoms with Crippen LogP contribution in [0.4, 0.5) is 0 Å². The molecule has 0 spiro atoms. The van der Waals surface area contributed by atoms with Gasteiger partial charge in [0.2, 0.25) is 0 Å². The Bertz CT molecular complexity index is 1480. The Labute approximate surface area is 216 Å². The molecule has 5 rings (SSSR count). The van der Waals surface area contributed by atoms with E-state index in [1.54, 1.807) is 30.0 Å². The van der Waals surface area contributed by atoms with E-state index >= 15 is 0 Å². The highest BCUT2D eigenvalue weighted by Gasteiger charge is 2.40. The lowest BCUT2D eigenvalue weighted by Gasteiger charge is -2.31. The number of ether oxygens (including phenoxy) is 3. The first-order chi connectivity index (χ1) is 17.5. The van der Waals surface area contributed by atoms with Gasteiger partial charge in [0.1, 0.15) is 5.60 Å². The van der Waals surface area contributed by atoms with E-state index < -0.39 is 5.97 Å². The SMILES string of the molecule is COC(=O)c1ccc(Cn2cccc(C3=NC(C)(C)Cc4cc(OC)c5c(c43)CC(C)(C)O5)c2=O)cc1. The number of aromatic nitrogens is 1. The predicted molar refractivity (Wildman–Crippen MR) is 142 cm³/mol. The number of carbonyl (C=O) groups is 1. The zero-order valence-corrected chi connectivity index (χ0v) is 22.2. The Hall–Kier alpha value is -3.87. The maximum absolute atomic E-state index is 13.8. The number of aliphatic imine (C=N–C) groups is 1. The van der Waals surface area contributed by atoms with E-state index in [-0.39, 0.29) is 16.7 Å². The highest BCUT2D eigenvalue weighted by atomic mass is 16.5. The normalized spacial score (nSPS) is 16.8. The van der Waals surface area contributed by atoms with Crippen LogP contribution in [-0.2, 0) is 24.1 Å². The molecule has 2 aliphatic rings. The molecule has 0 N–H and O–H groups in total. The fourth-order valence-corrected chi connectivity index (χ4v) is 5.32. The third-order valence-electron chi connectivity index (χ3n) is 6.90. The molecule has 7 heteroatoms. The number of nitrogens with zero attached hydrogens (tertiary/aromatic N) is 2. The van der Waals surface area contributed by atoms with Crippen LogP contribution in [0.3, 0.4) is 0 Å². The lowest BCUT2D eigenvalue weighted by molar-refractivity contribution is 0.0600. The van der Waals surface area contributed by atoms with Crippen molar-refractivity contribution >= 4 is 11.7 Å². The second-order valence-electron chi connectivity index (χ2n) is 11.0. The topological polar surface area (TPSA) is 79.1 Å². The molecule has 2 aliphatic heterocycles. The fourth-order valence-electron chi connectivity index (χ4n) is 5.32. The zero-order valence-electron chi connectivity index (χ0n) is 22.2. The van der Waals surface area contributed by atoms with Crippen LogP contribution in [0.1, 0.15) is 65.9 Å². The molecule has 0 saturated heterocycles. The van der Waals surface area contributed by atoms with Crippen LogP contribution in [0.5, 0.6) is 11.5 Å². The summed E-state index contributed by atoms with van der Waals surface area (Å²) in [5.74, 6) is 1.07. The minimum atomic E-state index is -0.390. The van der Waals surface area contributed by atoms with Crippen molar-refractivity contribution in [3.8, 4) is 11.5 Å². The summed E-state index contributed by atoms with van der Waals surface area (Å²) < 4.78 is 18.4. The average molecular weight is 501 g/mol. The molecular weight excluding hydrogens is 468 g/mol. The number of hydrogen-bond donors (Lipinski definition) is 0. The van der Waals surface area contributed by atoms with E-state index in [4.69, 9.17) is 19.2 Å². The molecule has 0 unspecified atom stereocenters. The number of carbonyl (C=O) groups excluding carboxylic acids is 1. The molecule has 0 fully saturated rings. The van der Waals surface area contributed by atoms with E-state index in [0.29, 0.717) is 29.8 Å². The number of rotatable bonds is 5. The van der Waals surface area contributed by atoms with Crippen molar-refractivity contribution in [3.63, 3.8) is 0 Å². The number of esters is 1. The lowest BCUT2D eigenvalue weighted by atomic mass is 9.81. The van der Waals surface area contributed by atoms with Gasteiger partial charge in [-0.05, 0) is 75.6 Å². The molecule has 3 heterocycles. The standard InChI is InChI=1S/C30H32N2O5/c1-29(2)15-20-14-23(35-5)26-22(16-30(3,4)37-26)24(20)25(31-29)21-8-7-13-32(27(21)33)17-18-9-11-19(12-10-18)28(34)36-6/h7-14H,15-17H2,1-6H3. The van der Waals surface area contributed by atoms with Crippen molar-refractivity contribution in [1.29, 1.82) is 0 Å². The highest BCUT2D eigenvalue weighted by Crippen LogP contribution is 2.47. The smallest absolute Gasteiger partial charge is 0.337 e. The number of pyridine rings is 1.